The summed E-state index contributed by atoms with van der Waals surface area (Å²) in [6.07, 6.45) is 0. The molecule has 0 saturated heterocycles. The molecule has 0 bridgehead atoms. The zero-order valence-electron chi connectivity index (χ0n) is 15.9. The van der Waals surface area contributed by atoms with Gasteiger partial charge in [0.2, 0.25) is 11.8 Å². The molecule has 144 valence electrons. The predicted molar refractivity (Wildman–Crippen MR) is 103 cm³/mol. The Bertz CT molecular complexity index is 1130. The van der Waals surface area contributed by atoms with Crippen LogP contribution < -0.4 is 9.47 Å². The van der Waals surface area contributed by atoms with Crippen molar-refractivity contribution >= 4 is 28.4 Å². The molecule has 0 aliphatic heterocycles. The number of hydrogen-bond donors (Lipinski definition) is 1. The monoisotopic (exact) mass is 381 g/mol. The molecular weight excluding hydrogens is 362 g/mol. The molecule has 0 unspecified atom stereocenters. The van der Waals surface area contributed by atoms with E-state index < -0.39 is 17.6 Å². The van der Waals surface area contributed by atoms with Crippen LogP contribution in [0.1, 0.15) is 44.9 Å². The van der Waals surface area contributed by atoms with Crippen molar-refractivity contribution in [3.05, 3.63) is 53.1 Å². The largest absolute Gasteiger partial charge is 0.494 e. The highest BCUT2D eigenvalue weighted by atomic mass is 16.5. The van der Waals surface area contributed by atoms with E-state index >= 15 is 0 Å². The number of ketones is 2. The van der Waals surface area contributed by atoms with Gasteiger partial charge in [-0.25, -0.2) is 0 Å². The summed E-state index contributed by atoms with van der Waals surface area (Å²) >= 11 is 0. The Balaban J connectivity index is 2.28. The molecule has 7 nitrogen and oxygen atoms in total. The Morgan fingerprint density at radius 3 is 2.11 bits per heavy atom. The smallest absolute Gasteiger partial charge is 0.230 e. The lowest BCUT2D eigenvalue weighted by molar-refractivity contribution is 0.0932. The number of carbonyl (C=O) groups is 3. The Hall–Kier alpha value is -3.61. The summed E-state index contributed by atoms with van der Waals surface area (Å²) in [6.45, 7) is 2.68. The normalized spacial score (nSPS) is 10.7. The number of aromatic hydroxyl groups is 1. The average Bonchev–Trinajstić information content (AvgIpc) is 2.97. The Kier molecular flexibility index (Phi) is 4.92. The molecule has 3 rings (SSSR count). The molecule has 0 spiro atoms. The number of carbonyl (C=O) groups excluding carboxylic acids is 3. The van der Waals surface area contributed by atoms with Crippen molar-refractivity contribution in [3.8, 4) is 17.4 Å². The number of methoxy groups -OCH3 is 2. The zero-order chi connectivity index (χ0) is 20.6. The van der Waals surface area contributed by atoms with Crippen LogP contribution in [0.3, 0.4) is 0 Å². The van der Waals surface area contributed by atoms with Gasteiger partial charge in [0.15, 0.2) is 23.1 Å². The molecule has 0 radical (unpaired) electrons. The van der Waals surface area contributed by atoms with Crippen molar-refractivity contribution in [1.29, 1.82) is 0 Å². The van der Waals surface area contributed by atoms with E-state index in [0.29, 0.717) is 28.0 Å². The maximum Gasteiger partial charge on any atom is 0.230 e. The Morgan fingerprint density at radius 1 is 0.893 bits per heavy atom. The van der Waals surface area contributed by atoms with E-state index in [9.17, 15) is 19.5 Å². The van der Waals surface area contributed by atoms with Crippen LogP contribution in [0.4, 0.5) is 0 Å². The lowest BCUT2D eigenvalue weighted by atomic mass is 10.00. The Labute approximate surface area is 161 Å². The summed E-state index contributed by atoms with van der Waals surface area (Å²) < 4.78 is 11.5. The number of nitrogens with zero attached hydrogens (tertiary/aromatic N) is 1. The number of rotatable bonds is 5. The summed E-state index contributed by atoms with van der Waals surface area (Å²) in [5.41, 5.74) is 0.901. The summed E-state index contributed by atoms with van der Waals surface area (Å²) in [6, 6.07) is 9.20. The van der Waals surface area contributed by atoms with Crippen LogP contribution in [0.15, 0.2) is 36.4 Å². The lowest BCUT2D eigenvalue weighted by Gasteiger charge is -2.09. The molecule has 3 aromatic rings. The standard InChI is InChI=1S/C21H19NO6/c1-11(23)13-5-7-16-15(9-13)19(21(26)22(16)12(2)24)20(25)14-6-8-17(27-3)18(10-14)28-4/h5-10,26H,1-4H3. The first-order valence-electron chi connectivity index (χ1n) is 8.46. The van der Waals surface area contributed by atoms with E-state index in [1.807, 2.05) is 0 Å². The molecule has 0 amide bonds. The van der Waals surface area contributed by atoms with Crippen molar-refractivity contribution in [3.63, 3.8) is 0 Å². The van der Waals surface area contributed by atoms with Gasteiger partial charge >= 0.3 is 0 Å². The third kappa shape index (κ3) is 3.00. The third-order valence-electron chi connectivity index (χ3n) is 4.54. The van der Waals surface area contributed by atoms with E-state index in [0.717, 1.165) is 4.57 Å². The number of ether oxygens (including phenoxy) is 2. The highest BCUT2D eigenvalue weighted by Gasteiger charge is 2.26. The quantitative estimate of drug-likeness (QED) is 0.680. The van der Waals surface area contributed by atoms with E-state index in [2.05, 4.69) is 0 Å². The SMILES string of the molecule is COc1ccc(C(=O)c2c(O)n(C(C)=O)c3ccc(C(C)=O)cc23)cc1OC. The second kappa shape index (κ2) is 7.19. The fourth-order valence-corrected chi connectivity index (χ4v) is 3.16. The minimum absolute atomic E-state index is 0.0551. The van der Waals surface area contributed by atoms with Crippen LogP contribution in [0.5, 0.6) is 17.4 Å². The first-order chi connectivity index (χ1) is 13.3. The highest BCUT2D eigenvalue weighted by Crippen LogP contribution is 2.35. The molecule has 0 saturated carbocycles. The van der Waals surface area contributed by atoms with Crippen molar-refractivity contribution in [2.45, 2.75) is 13.8 Å². The summed E-state index contributed by atoms with van der Waals surface area (Å²) in [5, 5.41) is 11.0. The van der Waals surface area contributed by atoms with Crippen molar-refractivity contribution in [1.82, 2.24) is 4.57 Å². The maximum absolute atomic E-state index is 13.2. The molecule has 7 heteroatoms. The highest BCUT2D eigenvalue weighted by molar-refractivity contribution is 6.20. The van der Waals surface area contributed by atoms with Crippen LogP contribution >= 0.6 is 0 Å². The number of hydrogen-bond acceptors (Lipinski definition) is 6. The lowest BCUT2D eigenvalue weighted by Crippen LogP contribution is -2.06. The Morgan fingerprint density at radius 2 is 1.54 bits per heavy atom. The molecular formula is C21H19NO6. The number of fused-ring (bicyclic) bond motifs is 1. The molecule has 1 N–H and O–H groups in total. The molecule has 0 aliphatic carbocycles. The third-order valence-corrected chi connectivity index (χ3v) is 4.54. The molecule has 1 aromatic heterocycles. The summed E-state index contributed by atoms with van der Waals surface area (Å²) in [4.78, 5) is 37.0. The van der Waals surface area contributed by atoms with Crippen LogP contribution in [0, 0.1) is 0 Å². The maximum atomic E-state index is 13.2. The number of benzene rings is 2. The van der Waals surface area contributed by atoms with Crippen molar-refractivity contribution in [2.75, 3.05) is 14.2 Å². The first kappa shape index (κ1) is 19.2. The average molecular weight is 381 g/mol. The van der Waals surface area contributed by atoms with Gasteiger partial charge in [0, 0.05) is 23.4 Å². The molecule has 0 aliphatic rings. The van der Waals surface area contributed by atoms with Gasteiger partial charge < -0.3 is 14.6 Å². The molecule has 1 heterocycles. The van der Waals surface area contributed by atoms with Gasteiger partial charge in [-0.3, -0.25) is 19.0 Å². The fourth-order valence-electron chi connectivity index (χ4n) is 3.16. The van der Waals surface area contributed by atoms with Gasteiger partial charge in [-0.2, -0.15) is 0 Å². The molecule has 0 fully saturated rings. The number of aromatic nitrogens is 1. The molecule has 0 atom stereocenters. The van der Waals surface area contributed by atoms with E-state index in [-0.39, 0.29) is 16.9 Å². The van der Waals surface area contributed by atoms with E-state index in [1.54, 1.807) is 18.2 Å². The predicted octanol–water partition coefficient (Wildman–Crippen LogP) is 3.46. The second-order valence-corrected chi connectivity index (χ2v) is 6.24. The van der Waals surface area contributed by atoms with Crippen molar-refractivity contribution in [2.24, 2.45) is 0 Å². The topological polar surface area (TPSA) is 94.8 Å². The van der Waals surface area contributed by atoms with Gasteiger partial charge in [-0.05, 0) is 43.3 Å². The minimum Gasteiger partial charge on any atom is -0.494 e. The molecule has 28 heavy (non-hydrogen) atoms. The number of Topliss-reactive ketones (excluding diaryl/α,β-unsaturated/α-hetero) is 1. The van der Waals surface area contributed by atoms with Gasteiger partial charge in [0.25, 0.3) is 0 Å². The van der Waals surface area contributed by atoms with Gasteiger partial charge in [-0.15, -0.1) is 0 Å². The van der Waals surface area contributed by atoms with Gasteiger partial charge in [-0.1, -0.05) is 0 Å². The first-order valence-corrected chi connectivity index (χ1v) is 8.46. The second-order valence-electron chi connectivity index (χ2n) is 6.24. The van der Waals surface area contributed by atoms with Gasteiger partial charge in [0.05, 0.1) is 25.3 Å². The van der Waals surface area contributed by atoms with Crippen LogP contribution in [0.2, 0.25) is 0 Å². The van der Waals surface area contributed by atoms with Crippen molar-refractivity contribution < 1.29 is 29.0 Å². The fraction of sp³-hybridized carbons (Fsp3) is 0.190. The zero-order valence-corrected chi connectivity index (χ0v) is 15.9. The summed E-state index contributed by atoms with van der Waals surface area (Å²) in [5.74, 6) is -0.820. The van der Waals surface area contributed by atoms with E-state index in [4.69, 9.17) is 9.47 Å². The van der Waals surface area contributed by atoms with Crippen LogP contribution in [0.25, 0.3) is 10.9 Å². The summed E-state index contributed by atoms with van der Waals surface area (Å²) in [7, 11) is 2.93. The molecule has 2 aromatic carbocycles. The minimum atomic E-state index is -0.510. The van der Waals surface area contributed by atoms with Gasteiger partial charge in [0.1, 0.15) is 0 Å². The van der Waals surface area contributed by atoms with Crippen LogP contribution in [-0.2, 0) is 0 Å². The van der Waals surface area contributed by atoms with Crippen LogP contribution in [-0.4, -0.2) is 41.4 Å². The van der Waals surface area contributed by atoms with E-state index in [1.165, 1.54) is 46.3 Å².